The first-order valence-corrected chi connectivity index (χ1v) is 8.77. The molecule has 0 unspecified atom stereocenters. The Hall–Kier alpha value is -2.62. The molecule has 0 saturated heterocycles. The third kappa shape index (κ3) is 7.66. The van der Waals surface area contributed by atoms with Crippen molar-refractivity contribution in [1.29, 1.82) is 0 Å². The fourth-order valence-electron chi connectivity index (χ4n) is 2.56. The summed E-state index contributed by atoms with van der Waals surface area (Å²) >= 11 is 0. The van der Waals surface area contributed by atoms with E-state index in [-0.39, 0.29) is 17.9 Å². The van der Waals surface area contributed by atoms with Crippen LogP contribution in [-0.2, 0) is 22.4 Å². The molecule has 2 N–H and O–H groups in total. The highest BCUT2D eigenvalue weighted by Crippen LogP contribution is 2.03. The van der Waals surface area contributed by atoms with Crippen LogP contribution in [-0.4, -0.2) is 24.4 Å². The van der Waals surface area contributed by atoms with Crippen LogP contribution in [0.3, 0.4) is 0 Å². The van der Waals surface area contributed by atoms with Crippen molar-refractivity contribution in [2.75, 3.05) is 6.54 Å². The van der Waals surface area contributed by atoms with Gasteiger partial charge in [-0.15, -0.1) is 0 Å². The van der Waals surface area contributed by atoms with Gasteiger partial charge in [-0.2, -0.15) is 0 Å². The van der Waals surface area contributed by atoms with Gasteiger partial charge in [0.05, 0.1) is 0 Å². The molecule has 132 valence electrons. The van der Waals surface area contributed by atoms with Gasteiger partial charge in [-0.05, 0) is 30.9 Å². The first kappa shape index (κ1) is 18.7. The quantitative estimate of drug-likeness (QED) is 0.739. The molecule has 2 rings (SSSR count). The van der Waals surface area contributed by atoms with Crippen LogP contribution in [0.2, 0.25) is 0 Å². The van der Waals surface area contributed by atoms with Crippen LogP contribution >= 0.6 is 0 Å². The van der Waals surface area contributed by atoms with E-state index in [1.807, 2.05) is 67.6 Å². The predicted octanol–water partition coefficient (Wildman–Crippen LogP) is 2.87. The number of benzene rings is 2. The molecule has 4 heteroatoms. The van der Waals surface area contributed by atoms with Crippen LogP contribution in [0.5, 0.6) is 0 Å². The van der Waals surface area contributed by atoms with Gasteiger partial charge in [-0.1, -0.05) is 60.7 Å². The van der Waals surface area contributed by atoms with E-state index in [0.717, 1.165) is 24.0 Å². The zero-order chi connectivity index (χ0) is 17.9. The van der Waals surface area contributed by atoms with Gasteiger partial charge in [0.2, 0.25) is 11.8 Å². The highest BCUT2D eigenvalue weighted by atomic mass is 16.2. The predicted molar refractivity (Wildman–Crippen MR) is 100 cm³/mol. The van der Waals surface area contributed by atoms with E-state index in [2.05, 4.69) is 10.6 Å². The summed E-state index contributed by atoms with van der Waals surface area (Å²) in [4.78, 5) is 23.9. The van der Waals surface area contributed by atoms with Crippen molar-refractivity contribution in [3.63, 3.8) is 0 Å². The molecule has 2 amide bonds. The molecular weight excluding hydrogens is 312 g/mol. The van der Waals surface area contributed by atoms with Gasteiger partial charge in [0.25, 0.3) is 0 Å². The van der Waals surface area contributed by atoms with Crippen molar-refractivity contribution >= 4 is 11.8 Å². The number of nitrogens with one attached hydrogen (secondary N) is 2. The molecule has 0 bridgehead atoms. The normalized spacial score (nSPS) is 11.6. The average molecular weight is 338 g/mol. The highest BCUT2D eigenvalue weighted by molar-refractivity contribution is 5.77. The Labute approximate surface area is 149 Å². The van der Waals surface area contributed by atoms with Crippen LogP contribution in [0, 0.1) is 0 Å². The van der Waals surface area contributed by atoms with Crippen molar-refractivity contribution in [3.05, 3.63) is 71.8 Å². The summed E-state index contributed by atoms with van der Waals surface area (Å²) in [7, 11) is 0. The van der Waals surface area contributed by atoms with Crippen LogP contribution < -0.4 is 10.6 Å². The average Bonchev–Trinajstić information content (AvgIpc) is 2.65. The topological polar surface area (TPSA) is 58.2 Å². The number of aryl methyl sites for hydroxylation is 2. The van der Waals surface area contributed by atoms with E-state index < -0.39 is 0 Å². The van der Waals surface area contributed by atoms with E-state index in [0.29, 0.717) is 19.4 Å². The molecule has 1 atom stereocenters. The second-order valence-electron chi connectivity index (χ2n) is 6.24. The summed E-state index contributed by atoms with van der Waals surface area (Å²) in [5.74, 6) is 0.0177. The third-order valence-electron chi connectivity index (χ3n) is 3.98. The number of carbonyl (C=O) groups is 2. The maximum atomic E-state index is 12.0. The Morgan fingerprint density at radius 2 is 1.28 bits per heavy atom. The van der Waals surface area contributed by atoms with Gasteiger partial charge < -0.3 is 10.6 Å². The Morgan fingerprint density at radius 1 is 0.800 bits per heavy atom. The van der Waals surface area contributed by atoms with Crippen LogP contribution in [0.15, 0.2) is 60.7 Å². The summed E-state index contributed by atoms with van der Waals surface area (Å²) in [6.07, 6.45) is 2.36. The second-order valence-corrected chi connectivity index (χ2v) is 6.24. The van der Waals surface area contributed by atoms with Gasteiger partial charge in [0.1, 0.15) is 0 Å². The van der Waals surface area contributed by atoms with Gasteiger partial charge in [-0.3, -0.25) is 9.59 Å². The SMILES string of the molecule is C[C@@H](CNC(=O)CCc1ccccc1)NC(=O)CCc1ccccc1. The molecule has 2 aromatic carbocycles. The molecule has 0 radical (unpaired) electrons. The Balaban J connectivity index is 1.60. The maximum Gasteiger partial charge on any atom is 0.220 e. The largest absolute Gasteiger partial charge is 0.354 e. The molecule has 0 saturated carbocycles. The second kappa shape index (κ2) is 10.3. The highest BCUT2D eigenvalue weighted by Gasteiger charge is 2.09. The zero-order valence-electron chi connectivity index (χ0n) is 14.7. The van der Waals surface area contributed by atoms with Gasteiger partial charge in [-0.25, -0.2) is 0 Å². The van der Waals surface area contributed by atoms with Crippen LogP contribution in [0.25, 0.3) is 0 Å². The van der Waals surface area contributed by atoms with Gasteiger partial charge in [0, 0.05) is 25.4 Å². The lowest BCUT2D eigenvalue weighted by Gasteiger charge is -2.15. The lowest BCUT2D eigenvalue weighted by molar-refractivity contribution is -0.123. The Bertz CT molecular complexity index is 656. The van der Waals surface area contributed by atoms with E-state index >= 15 is 0 Å². The number of rotatable bonds is 9. The molecule has 0 aliphatic heterocycles. The molecule has 0 spiro atoms. The molecule has 4 nitrogen and oxygen atoms in total. The molecule has 2 aromatic rings. The number of amides is 2. The van der Waals surface area contributed by atoms with Crippen molar-refractivity contribution < 1.29 is 9.59 Å². The first-order chi connectivity index (χ1) is 12.1. The van der Waals surface area contributed by atoms with E-state index in [4.69, 9.17) is 0 Å². The van der Waals surface area contributed by atoms with Crippen LogP contribution in [0.1, 0.15) is 30.9 Å². The first-order valence-electron chi connectivity index (χ1n) is 8.77. The minimum atomic E-state index is -0.0797. The molecule has 0 aliphatic carbocycles. The zero-order valence-corrected chi connectivity index (χ0v) is 14.7. The maximum absolute atomic E-state index is 12.0. The number of hydrogen-bond acceptors (Lipinski definition) is 2. The molecule has 0 fully saturated rings. The number of carbonyl (C=O) groups excluding carboxylic acids is 2. The van der Waals surface area contributed by atoms with Gasteiger partial charge >= 0.3 is 0 Å². The van der Waals surface area contributed by atoms with Crippen molar-refractivity contribution in [2.45, 2.75) is 38.6 Å². The monoisotopic (exact) mass is 338 g/mol. The Kier molecular flexibility index (Phi) is 7.70. The summed E-state index contributed by atoms with van der Waals surface area (Å²) in [5, 5.41) is 5.80. The van der Waals surface area contributed by atoms with E-state index in [1.54, 1.807) is 0 Å². The van der Waals surface area contributed by atoms with Crippen molar-refractivity contribution in [3.8, 4) is 0 Å². The smallest absolute Gasteiger partial charge is 0.220 e. The summed E-state index contributed by atoms with van der Waals surface area (Å²) < 4.78 is 0. The summed E-state index contributed by atoms with van der Waals surface area (Å²) in [5.41, 5.74) is 2.31. The summed E-state index contributed by atoms with van der Waals surface area (Å²) in [6.45, 7) is 2.35. The van der Waals surface area contributed by atoms with E-state index in [1.165, 1.54) is 0 Å². The van der Waals surface area contributed by atoms with Crippen molar-refractivity contribution in [1.82, 2.24) is 10.6 Å². The lowest BCUT2D eigenvalue weighted by atomic mass is 10.1. The fourth-order valence-corrected chi connectivity index (χ4v) is 2.56. The summed E-state index contributed by atoms with van der Waals surface area (Å²) in [6, 6.07) is 19.8. The van der Waals surface area contributed by atoms with E-state index in [9.17, 15) is 9.59 Å². The van der Waals surface area contributed by atoms with Crippen molar-refractivity contribution in [2.24, 2.45) is 0 Å². The minimum absolute atomic E-state index is 0.00855. The molecule has 25 heavy (non-hydrogen) atoms. The molecule has 0 heterocycles. The third-order valence-corrected chi connectivity index (χ3v) is 3.98. The molecule has 0 aromatic heterocycles. The Morgan fingerprint density at radius 3 is 1.80 bits per heavy atom. The molecular formula is C21H26N2O2. The van der Waals surface area contributed by atoms with Crippen LogP contribution in [0.4, 0.5) is 0 Å². The number of hydrogen-bond donors (Lipinski definition) is 2. The molecule has 0 aliphatic rings. The van der Waals surface area contributed by atoms with Gasteiger partial charge in [0.15, 0.2) is 0 Å². The fraction of sp³-hybridized carbons (Fsp3) is 0.333. The minimum Gasteiger partial charge on any atom is -0.354 e. The lowest BCUT2D eigenvalue weighted by Crippen LogP contribution is -2.41. The standard InChI is InChI=1S/C21H26N2O2/c1-17(23-21(25)15-13-19-10-6-3-7-11-19)16-22-20(24)14-12-18-8-4-2-5-9-18/h2-11,17H,12-16H2,1H3,(H,22,24)(H,23,25)/t17-/m0/s1.